The SMILES string of the molecule is Cc1cccc(NC(=O)c2ccncc2Cl)c1C(N)=S. The van der Waals surface area contributed by atoms with E-state index in [0.29, 0.717) is 16.8 Å². The molecule has 4 nitrogen and oxygen atoms in total. The highest BCUT2D eigenvalue weighted by atomic mass is 35.5. The minimum absolute atomic E-state index is 0.235. The fourth-order valence-corrected chi connectivity index (χ4v) is 2.32. The molecule has 1 heterocycles. The molecule has 0 saturated carbocycles. The van der Waals surface area contributed by atoms with Crippen molar-refractivity contribution in [2.75, 3.05) is 5.32 Å². The maximum absolute atomic E-state index is 12.2. The van der Waals surface area contributed by atoms with Crippen molar-refractivity contribution in [2.24, 2.45) is 5.73 Å². The minimum atomic E-state index is -0.333. The van der Waals surface area contributed by atoms with Gasteiger partial charge in [-0.05, 0) is 24.6 Å². The number of pyridine rings is 1. The summed E-state index contributed by atoms with van der Waals surface area (Å²) in [5, 5.41) is 3.06. The van der Waals surface area contributed by atoms with Crippen LogP contribution in [0.3, 0.4) is 0 Å². The van der Waals surface area contributed by atoms with Gasteiger partial charge in [0.25, 0.3) is 5.91 Å². The number of rotatable bonds is 3. The number of hydrogen-bond acceptors (Lipinski definition) is 3. The van der Waals surface area contributed by atoms with Crippen molar-refractivity contribution in [3.05, 3.63) is 58.4 Å². The molecule has 102 valence electrons. The van der Waals surface area contributed by atoms with Gasteiger partial charge in [0.2, 0.25) is 0 Å². The van der Waals surface area contributed by atoms with Gasteiger partial charge in [0.15, 0.2) is 0 Å². The average molecular weight is 306 g/mol. The van der Waals surface area contributed by atoms with Crippen LogP contribution in [0.15, 0.2) is 36.7 Å². The number of anilines is 1. The predicted octanol–water partition coefficient (Wildman–Crippen LogP) is 2.93. The fraction of sp³-hybridized carbons (Fsp3) is 0.0714. The molecular weight excluding hydrogens is 294 g/mol. The van der Waals surface area contributed by atoms with Crippen LogP contribution in [0.2, 0.25) is 5.02 Å². The Balaban J connectivity index is 2.36. The Kier molecular flexibility index (Phi) is 4.32. The van der Waals surface area contributed by atoms with Crippen molar-refractivity contribution >= 4 is 40.4 Å². The summed E-state index contributed by atoms with van der Waals surface area (Å²) in [6.07, 6.45) is 2.92. The van der Waals surface area contributed by atoms with Crippen molar-refractivity contribution in [2.45, 2.75) is 6.92 Å². The zero-order chi connectivity index (χ0) is 14.7. The molecule has 1 aromatic carbocycles. The van der Waals surface area contributed by atoms with Crippen molar-refractivity contribution in [3.63, 3.8) is 0 Å². The molecule has 6 heteroatoms. The van der Waals surface area contributed by atoms with Crippen LogP contribution in [0.1, 0.15) is 21.5 Å². The monoisotopic (exact) mass is 305 g/mol. The highest BCUT2D eigenvalue weighted by molar-refractivity contribution is 7.80. The number of aryl methyl sites for hydroxylation is 1. The molecule has 2 rings (SSSR count). The quantitative estimate of drug-likeness (QED) is 0.856. The summed E-state index contributed by atoms with van der Waals surface area (Å²) in [6.45, 7) is 1.88. The number of nitrogens with zero attached hydrogens (tertiary/aromatic N) is 1. The number of thiocarbonyl (C=S) groups is 1. The number of nitrogens with one attached hydrogen (secondary N) is 1. The number of aromatic nitrogens is 1. The average Bonchev–Trinajstić information content (AvgIpc) is 2.38. The van der Waals surface area contributed by atoms with Crippen molar-refractivity contribution in [3.8, 4) is 0 Å². The highest BCUT2D eigenvalue weighted by Gasteiger charge is 2.14. The van der Waals surface area contributed by atoms with Crippen LogP contribution in [0.4, 0.5) is 5.69 Å². The van der Waals surface area contributed by atoms with Gasteiger partial charge in [-0.1, -0.05) is 36.0 Å². The second kappa shape index (κ2) is 5.98. The molecule has 0 aliphatic rings. The van der Waals surface area contributed by atoms with Gasteiger partial charge in [0, 0.05) is 18.0 Å². The van der Waals surface area contributed by atoms with Gasteiger partial charge in [-0.2, -0.15) is 0 Å². The molecule has 0 fully saturated rings. The number of benzene rings is 1. The Hall–Kier alpha value is -1.98. The van der Waals surface area contributed by atoms with E-state index in [9.17, 15) is 4.79 Å². The van der Waals surface area contributed by atoms with Gasteiger partial charge in [0.1, 0.15) is 4.99 Å². The van der Waals surface area contributed by atoms with E-state index in [1.54, 1.807) is 12.1 Å². The molecule has 1 amide bonds. The topological polar surface area (TPSA) is 68.0 Å². The van der Waals surface area contributed by atoms with Crippen LogP contribution in [0.5, 0.6) is 0 Å². The number of carbonyl (C=O) groups is 1. The normalized spacial score (nSPS) is 10.1. The van der Waals surface area contributed by atoms with Gasteiger partial charge in [0.05, 0.1) is 16.3 Å². The predicted molar refractivity (Wildman–Crippen MR) is 84.3 cm³/mol. The van der Waals surface area contributed by atoms with Crippen LogP contribution in [0.25, 0.3) is 0 Å². The molecule has 0 atom stereocenters. The third kappa shape index (κ3) is 2.95. The zero-order valence-electron chi connectivity index (χ0n) is 10.7. The molecule has 0 aliphatic carbocycles. The molecule has 1 aromatic heterocycles. The molecule has 2 aromatic rings. The number of carbonyl (C=O) groups excluding carboxylic acids is 1. The van der Waals surface area contributed by atoms with Crippen molar-refractivity contribution in [1.29, 1.82) is 0 Å². The molecule has 3 N–H and O–H groups in total. The van der Waals surface area contributed by atoms with Crippen LogP contribution in [-0.2, 0) is 0 Å². The Morgan fingerprint density at radius 1 is 1.40 bits per heavy atom. The third-order valence-electron chi connectivity index (χ3n) is 2.78. The first-order chi connectivity index (χ1) is 9.50. The third-order valence-corrected chi connectivity index (χ3v) is 3.29. The maximum Gasteiger partial charge on any atom is 0.257 e. The van der Waals surface area contributed by atoms with Crippen LogP contribution in [-0.4, -0.2) is 15.9 Å². The smallest absolute Gasteiger partial charge is 0.257 e. The Morgan fingerprint density at radius 3 is 2.80 bits per heavy atom. The lowest BCUT2D eigenvalue weighted by Crippen LogP contribution is -2.19. The summed E-state index contributed by atoms with van der Waals surface area (Å²) < 4.78 is 0. The summed E-state index contributed by atoms with van der Waals surface area (Å²) in [4.78, 5) is 16.3. The first-order valence-electron chi connectivity index (χ1n) is 5.81. The largest absolute Gasteiger partial charge is 0.389 e. The van der Waals surface area contributed by atoms with E-state index >= 15 is 0 Å². The zero-order valence-corrected chi connectivity index (χ0v) is 12.3. The second-order valence-corrected chi connectivity index (χ2v) is 5.02. The van der Waals surface area contributed by atoms with Gasteiger partial charge in [-0.3, -0.25) is 9.78 Å². The van der Waals surface area contributed by atoms with Gasteiger partial charge in [-0.25, -0.2) is 0 Å². The van der Waals surface area contributed by atoms with Crippen LogP contribution in [0, 0.1) is 6.92 Å². The summed E-state index contributed by atoms with van der Waals surface area (Å²) in [5.74, 6) is -0.333. The van der Waals surface area contributed by atoms with E-state index in [0.717, 1.165) is 5.56 Å². The Labute approximate surface area is 127 Å². The number of hydrogen-bond donors (Lipinski definition) is 2. The number of amides is 1. The van der Waals surface area contributed by atoms with Crippen molar-refractivity contribution in [1.82, 2.24) is 4.98 Å². The number of halogens is 1. The molecule has 0 bridgehead atoms. The summed E-state index contributed by atoms with van der Waals surface area (Å²) in [7, 11) is 0. The molecule has 0 aliphatic heterocycles. The van der Waals surface area contributed by atoms with Gasteiger partial charge in [-0.15, -0.1) is 0 Å². The van der Waals surface area contributed by atoms with Crippen LogP contribution >= 0.6 is 23.8 Å². The molecule has 0 unspecified atom stereocenters. The summed E-state index contributed by atoms with van der Waals surface area (Å²) in [5.41, 5.74) is 8.17. The van der Waals surface area contributed by atoms with E-state index in [1.165, 1.54) is 12.4 Å². The van der Waals surface area contributed by atoms with E-state index in [1.807, 2.05) is 19.1 Å². The highest BCUT2D eigenvalue weighted by Crippen LogP contribution is 2.21. The molecule has 0 radical (unpaired) electrons. The van der Waals surface area contributed by atoms with Crippen molar-refractivity contribution < 1.29 is 4.79 Å². The second-order valence-electron chi connectivity index (χ2n) is 4.17. The van der Waals surface area contributed by atoms with Crippen LogP contribution < -0.4 is 11.1 Å². The van der Waals surface area contributed by atoms with Gasteiger partial charge < -0.3 is 11.1 Å². The van der Waals surface area contributed by atoms with E-state index in [4.69, 9.17) is 29.6 Å². The lowest BCUT2D eigenvalue weighted by Gasteiger charge is -2.13. The maximum atomic E-state index is 12.2. The first-order valence-corrected chi connectivity index (χ1v) is 6.59. The number of nitrogens with two attached hydrogens (primary N) is 1. The molecule has 0 spiro atoms. The minimum Gasteiger partial charge on any atom is -0.389 e. The standard InChI is InChI=1S/C14H12ClN3OS/c1-8-3-2-4-11(12(8)13(16)20)18-14(19)9-5-6-17-7-10(9)15/h2-7H,1H3,(H2,16,20)(H,18,19). The van der Waals surface area contributed by atoms with E-state index < -0.39 is 0 Å². The molecule has 0 saturated heterocycles. The fourth-order valence-electron chi connectivity index (χ4n) is 1.85. The molecular formula is C14H12ClN3OS. The summed E-state index contributed by atoms with van der Waals surface area (Å²) in [6, 6.07) is 6.99. The summed E-state index contributed by atoms with van der Waals surface area (Å²) >= 11 is 11.0. The lowest BCUT2D eigenvalue weighted by atomic mass is 10.1. The Bertz CT molecular complexity index is 688. The van der Waals surface area contributed by atoms with Gasteiger partial charge >= 0.3 is 0 Å². The molecule has 20 heavy (non-hydrogen) atoms. The van der Waals surface area contributed by atoms with E-state index in [2.05, 4.69) is 10.3 Å². The lowest BCUT2D eigenvalue weighted by molar-refractivity contribution is 0.102. The first kappa shape index (κ1) is 14.4. The van der Waals surface area contributed by atoms with E-state index in [-0.39, 0.29) is 15.9 Å². The Morgan fingerprint density at radius 2 is 2.15 bits per heavy atom.